The third-order valence-corrected chi connectivity index (χ3v) is 4.57. The topological polar surface area (TPSA) is 15.6 Å². The number of fused-ring (bicyclic) bond motifs is 1. The number of aliphatic imine (C=N–C) groups is 1. The van der Waals surface area contributed by atoms with E-state index in [1.165, 1.54) is 5.69 Å². The fourth-order valence-corrected chi connectivity index (χ4v) is 3.63. The molecule has 2 aliphatic rings. The Kier molecular flexibility index (Phi) is 2.62. The van der Waals surface area contributed by atoms with Crippen LogP contribution in [0, 0.1) is 17.8 Å². The van der Waals surface area contributed by atoms with E-state index in [2.05, 4.69) is 35.7 Å². The fourth-order valence-electron chi connectivity index (χ4n) is 3.45. The van der Waals surface area contributed by atoms with Crippen LogP contribution < -0.4 is 4.90 Å². The van der Waals surface area contributed by atoms with Crippen LogP contribution in [0.1, 0.15) is 6.92 Å². The van der Waals surface area contributed by atoms with Gasteiger partial charge in [0.2, 0.25) is 0 Å². The lowest BCUT2D eigenvalue weighted by molar-refractivity contribution is 0.564. The predicted molar refractivity (Wildman–Crippen MR) is 73.1 cm³/mol. The second-order valence-electron chi connectivity index (χ2n) is 5.18. The molecule has 0 spiro atoms. The summed E-state index contributed by atoms with van der Waals surface area (Å²) in [5, 5.41) is 0.819. The van der Waals surface area contributed by atoms with Gasteiger partial charge in [-0.25, -0.2) is 0 Å². The number of piperidine rings is 1. The van der Waals surface area contributed by atoms with Crippen LogP contribution in [0.3, 0.4) is 0 Å². The van der Waals surface area contributed by atoms with E-state index in [9.17, 15) is 0 Å². The number of nitrogens with zero attached hydrogens (tertiary/aromatic N) is 2. The molecule has 3 rings (SSSR count). The molecule has 0 aromatic heterocycles. The third-order valence-electron chi connectivity index (χ3n) is 4.33. The molecule has 0 bridgehead atoms. The molecule has 0 amide bonds. The zero-order valence-corrected chi connectivity index (χ0v) is 10.8. The van der Waals surface area contributed by atoms with Gasteiger partial charge in [0.05, 0.1) is 0 Å². The standard InChI is InChI=1S/C14H17ClN2/c1-9-14-12(7-16-2)13(14)8-17(9)11-5-3-4-10(15)6-11/h3-6,9,12-14H,2,7-8H2,1H3/t9?,12-,13-,14+/m1/s1. The average molecular weight is 249 g/mol. The average Bonchev–Trinajstić information content (AvgIpc) is 2.86. The summed E-state index contributed by atoms with van der Waals surface area (Å²) in [4.78, 5) is 6.51. The summed E-state index contributed by atoms with van der Waals surface area (Å²) >= 11 is 6.05. The summed E-state index contributed by atoms with van der Waals surface area (Å²) in [6, 6.07) is 8.76. The molecule has 2 nitrogen and oxygen atoms in total. The SMILES string of the molecule is C=NC[C@@H]1[C@H]2CN(c3cccc(Cl)c3)C(C)[C@@H]12. The quantitative estimate of drug-likeness (QED) is 0.751. The van der Waals surface area contributed by atoms with E-state index in [-0.39, 0.29) is 0 Å². The molecule has 1 aromatic rings. The molecule has 4 atom stereocenters. The molecular weight excluding hydrogens is 232 g/mol. The first kappa shape index (κ1) is 11.1. The maximum atomic E-state index is 6.05. The van der Waals surface area contributed by atoms with Gasteiger partial charge in [-0.2, -0.15) is 0 Å². The summed E-state index contributed by atoms with van der Waals surface area (Å²) in [5.74, 6) is 2.40. The highest BCUT2D eigenvalue weighted by molar-refractivity contribution is 6.30. The summed E-state index contributed by atoms with van der Waals surface area (Å²) < 4.78 is 0. The van der Waals surface area contributed by atoms with E-state index in [4.69, 9.17) is 11.6 Å². The molecule has 1 unspecified atom stereocenters. The summed E-state index contributed by atoms with van der Waals surface area (Å²) in [5.41, 5.74) is 1.25. The number of hydrogen-bond acceptors (Lipinski definition) is 2. The number of hydrogen-bond donors (Lipinski definition) is 0. The fraction of sp³-hybridized carbons (Fsp3) is 0.500. The molecule has 0 N–H and O–H groups in total. The summed E-state index contributed by atoms with van der Waals surface area (Å²) in [7, 11) is 0. The molecule has 1 heterocycles. The van der Waals surface area contributed by atoms with E-state index in [1.807, 2.05) is 12.1 Å². The van der Waals surface area contributed by atoms with Crippen molar-refractivity contribution in [3.05, 3.63) is 29.3 Å². The number of benzene rings is 1. The lowest BCUT2D eigenvalue weighted by Gasteiger charge is -2.28. The number of rotatable bonds is 3. The van der Waals surface area contributed by atoms with Crippen molar-refractivity contribution in [2.45, 2.75) is 13.0 Å². The molecule has 90 valence electrons. The van der Waals surface area contributed by atoms with E-state index in [0.29, 0.717) is 6.04 Å². The lowest BCUT2D eigenvalue weighted by Crippen LogP contribution is -2.32. The Labute approximate surface area is 107 Å². The number of halogens is 1. The number of anilines is 1. The molecule has 1 saturated carbocycles. The Morgan fingerprint density at radius 2 is 2.35 bits per heavy atom. The zero-order chi connectivity index (χ0) is 12.0. The van der Waals surface area contributed by atoms with Gasteiger partial charge in [-0.1, -0.05) is 17.7 Å². The van der Waals surface area contributed by atoms with Crippen molar-refractivity contribution in [3.63, 3.8) is 0 Å². The van der Waals surface area contributed by atoms with Crippen molar-refractivity contribution >= 4 is 24.0 Å². The molecule has 1 aliphatic heterocycles. The molecule has 2 fully saturated rings. The van der Waals surface area contributed by atoms with Gasteiger partial charge in [0.1, 0.15) is 0 Å². The highest BCUT2D eigenvalue weighted by Gasteiger charge is 2.59. The summed E-state index contributed by atoms with van der Waals surface area (Å²) in [6.07, 6.45) is 0. The van der Waals surface area contributed by atoms with Gasteiger partial charge in [-0.3, -0.25) is 0 Å². The molecule has 0 radical (unpaired) electrons. The minimum absolute atomic E-state index is 0.602. The predicted octanol–water partition coefficient (Wildman–Crippen LogP) is 3.11. The van der Waals surface area contributed by atoms with Gasteiger partial charge in [0, 0.05) is 29.8 Å². The third kappa shape index (κ3) is 1.75. The summed E-state index contributed by atoms with van der Waals surface area (Å²) in [6.45, 7) is 7.99. The van der Waals surface area contributed by atoms with Gasteiger partial charge in [-0.15, -0.1) is 0 Å². The highest BCUT2D eigenvalue weighted by Crippen LogP contribution is 2.56. The van der Waals surface area contributed by atoms with Gasteiger partial charge < -0.3 is 9.89 Å². The van der Waals surface area contributed by atoms with Crippen molar-refractivity contribution in [1.82, 2.24) is 0 Å². The maximum absolute atomic E-state index is 6.05. The van der Waals surface area contributed by atoms with Gasteiger partial charge in [0.25, 0.3) is 0 Å². The Balaban J connectivity index is 1.75. The van der Waals surface area contributed by atoms with Crippen molar-refractivity contribution in [3.8, 4) is 0 Å². The molecule has 1 aromatic carbocycles. The van der Waals surface area contributed by atoms with E-state index in [1.54, 1.807) is 0 Å². The molecule has 1 aliphatic carbocycles. The molecule has 17 heavy (non-hydrogen) atoms. The first-order valence-electron chi connectivity index (χ1n) is 6.17. The first-order chi connectivity index (χ1) is 8.22. The van der Waals surface area contributed by atoms with Crippen molar-refractivity contribution in [2.75, 3.05) is 18.0 Å². The minimum atomic E-state index is 0.602. The minimum Gasteiger partial charge on any atom is -0.368 e. The van der Waals surface area contributed by atoms with Crippen LogP contribution in [-0.4, -0.2) is 25.8 Å². The zero-order valence-electron chi connectivity index (χ0n) is 10.0. The van der Waals surface area contributed by atoms with Gasteiger partial charge in [0.15, 0.2) is 0 Å². The van der Waals surface area contributed by atoms with E-state index in [0.717, 1.165) is 35.9 Å². The lowest BCUT2D eigenvalue weighted by atomic mass is 10.1. The van der Waals surface area contributed by atoms with Crippen LogP contribution >= 0.6 is 11.6 Å². The smallest absolute Gasteiger partial charge is 0.0426 e. The van der Waals surface area contributed by atoms with E-state index >= 15 is 0 Å². The van der Waals surface area contributed by atoms with Gasteiger partial charge in [-0.05, 0) is 49.6 Å². The normalized spacial score (nSPS) is 34.6. The van der Waals surface area contributed by atoms with Gasteiger partial charge >= 0.3 is 0 Å². The van der Waals surface area contributed by atoms with Crippen LogP contribution in [0.15, 0.2) is 29.3 Å². The maximum Gasteiger partial charge on any atom is 0.0426 e. The van der Waals surface area contributed by atoms with E-state index < -0.39 is 0 Å². The highest BCUT2D eigenvalue weighted by atomic mass is 35.5. The molecule has 1 saturated heterocycles. The Hall–Kier alpha value is -1.02. The first-order valence-corrected chi connectivity index (χ1v) is 6.55. The Bertz CT molecular complexity index is 446. The monoisotopic (exact) mass is 248 g/mol. The second kappa shape index (κ2) is 4.02. The van der Waals surface area contributed by atoms with Crippen molar-refractivity contribution in [1.29, 1.82) is 0 Å². The van der Waals surface area contributed by atoms with Crippen LogP contribution in [0.4, 0.5) is 5.69 Å². The molecule has 3 heteroatoms. The van der Waals surface area contributed by atoms with Crippen LogP contribution in [0.2, 0.25) is 5.02 Å². The van der Waals surface area contributed by atoms with Crippen LogP contribution in [0.5, 0.6) is 0 Å². The van der Waals surface area contributed by atoms with Crippen molar-refractivity contribution < 1.29 is 0 Å². The van der Waals surface area contributed by atoms with Crippen molar-refractivity contribution in [2.24, 2.45) is 22.7 Å². The Morgan fingerprint density at radius 3 is 2.94 bits per heavy atom. The van der Waals surface area contributed by atoms with Crippen LogP contribution in [0.25, 0.3) is 0 Å². The molecular formula is C14H17ClN2. The van der Waals surface area contributed by atoms with Crippen LogP contribution in [-0.2, 0) is 0 Å². The Morgan fingerprint density at radius 1 is 1.53 bits per heavy atom. The second-order valence-corrected chi connectivity index (χ2v) is 5.62. The largest absolute Gasteiger partial charge is 0.368 e.